The first-order chi connectivity index (χ1) is 9.31. The second-order valence-corrected chi connectivity index (χ2v) is 5.31. The van der Waals surface area contributed by atoms with E-state index in [1.807, 2.05) is 18.2 Å². The Bertz CT molecular complexity index is 431. The summed E-state index contributed by atoms with van der Waals surface area (Å²) in [4.78, 5) is 0. The maximum atomic E-state index is 6.25. The highest BCUT2D eigenvalue weighted by Crippen LogP contribution is 2.21. The number of ether oxygens (including phenoxy) is 1. The van der Waals surface area contributed by atoms with Crippen molar-refractivity contribution < 1.29 is 4.74 Å². The third-order valence-corrected chi connectivity index (χ3v) is 3.70. The molecule has 19 heavy (non-hydrogen) atoms. The number of nitrogens with one attached hydrogen (secondary N) is 1. The lowest BCUT2D eigenvalue weighted by Crippen LogP contribution is -2.35. The van der Waals surface area contributed by atoms with Crippen LogP contribution in [0.2, 0.25) is 5.02 Å². The smallest absolute Gasteiger partial charge is 0.109 e. The molecule has 1 aliphatic rings. The minimum atomic E-state index is 0.236. The largest absolute Gasteiger partial charge is 0.497 e. The van der Waals surface area contributed by atoms with Gasteiger partial charge in [-0.1, -0.05) is 36.7 Å². The van der Waals surface area contributed by atoms with Crippen LogP contribution in [0.15, 0.2) is 36.1 Å². The van der Waals surface area contributed by atoms with Crippen LogP contribution in [0.5, 0.6) is 0 Å². The summed E-state index contributed by atoms with van der Waals surface area (Å²) >= 11 is 6.25. The van der Waals surface area contributed by atoms with Gasteiger partial charge in [0, 0.05) is 5.02 Å². The highest BCUT2D eigenvalue weighted by atomic mass is 35.5. The van der Waals surface area contributed by atoms with Crippen LogP contribution < -0.4 is 5.32 Å². The van der Waals surface area contributed by atoms with E-state index in [1.54, 1.807) is 0 Å². The van der Waals surface area contributed by atoms with E-state index in [2.05, 4.69) is 24.4 Å². The van der Waals surface area contributed by atoms with E-state index in [1.165, 1.54) is 5.56 Å². The predicted octanol–water partition coefficient (Wildman–Crippen LogP) is 3.95. The van der Waals surface area contributed by atoms with Crippen LogP contribution >= 0.6 is 11.6 Å². The first-order valence-electron chi connectivity index (χ1n) is 7.11. The first kappa shape index (κ1) is 14.4. The van der Waals surface area contributed by atoms with Gasteiger partial charge in [0.15, 0.2) is 0 Å². The third kappa shape index (κ3) is 4.26. The van der Waals surface area contributed by atoms with Crippen molar-refractivity contribution in [1.82, 2.24) is 5.32 Å². The van der Waals surface area contributed by atoms with Gasteiger partial charge >= 0.3 is 0 Å². The van der Waals surface area contributed by atoms with E-state index < -0.39 is 0 Å². The number of halogens is 1. The molecule has 0 saturated carbocycles. The van der Waals surface area contributed by atoms with Gasteiger partial charge in [0.2, 0.25) is 0 Å². The summed E-state index contributed by atoms with van der Waals surface area (Å²) < 4.78 is 5.80. The topological polar surface area (TPSA) is 21.3 Å². The van der Waals surface area contributed by atoms with Crippen molar-refractivity contribution >= 4 is 11.6 Å². The molecule has 0 saturated heterocycles. The van der Waals surface area contributed by atoms with Crippen LogP contribution in [0, 0.1) is 0 Å². The Kier molecular flexibility index (Phi) is 5.74. The molecule has 2 nitrogen and oxygen atoms in total. The average molecular weight is 280 g/mol. The molecular weight excluding hydrogens is 258 g/mol. The lowest BCUT2D eigenvalue weighted by atomic mass is 10.0. The molecule has 0 spiro atoms. The van der Waals surface area contributed by atoms with Gasteiger partial charge in [-0.2, -0.15) is 0 Å². The normalized spacial score (nSPS) is 16.6. The van der Waals surface area contributed by atoms with Crippen molar-refractivity contribution in [1.29, 1.82) is 0 Å². The van der Waals surface area contributed by atoms with Gasteiger partial charge in [-0.05, 0) is 49.9 Å². The van der Waals surface area contributed by atoms with Gasteiger partial charge in [-0.25, -0.2) is 0 Å². The van der Waals surface area contributed by atoms with Gasteiger partial charge in [0.25, 0.3) is 0 Å². The van der Waals surface area contributed by atoms with E-state index in [9.17, 15) is 0 Å². The number of allylic oxidation sites excluding steroid dienone is 1. The zero-order valence-corrected chi connectivity index (χ0v) is 12.2. The molecule has 3 heteroatoms. The summed E-state index contributed by atoms with van der Waals surface area (Å²) in [5.74, 6) is 1.08. The maximum Gasteiger partial charge on any atom is 0.109 e. The van der Waals surface area contributed by atoms with Crippen molar-refractivity contribution in [3.05, 3.63) is 46.7 Å². The number of hydrogen-bond acceptors (Lipinski definition) is 2. The second kappa shape index (κ2) is 7.56. The van der Waals surface area contributed by atoms with Crippen LogP contribution in [-0.4, -0.2) is 19.2 Å². The van der Waals surface area contributed by atoms with Crippen LogP contribution in [-0.2, 0) is 11.2 Å². The highest BCUT2D eigenvalue weighted by Gasteiger charge is 2.18. The van der Waals surface area contributed by atoms with Gasteiger partial charge in [-0.15, -0.1) is 0 Å². The number of benzene rings is 1. The second-order valence-electron chi connectivity index (χ2n) is 4.90. The number of rotatable bonds is 6. The number of hydrogen-bond donors (Lipinski definition) is 1. The molecule has 1 aromatic carbocycles. The fraction of sp³-hybridized carbons (Fsp3) is 0.500. The summed E-state index contributed by atoms with van der Waals surface area (Å²) in [7, 11) is 0. The van der Waals surface area contributed by atoms with E-state index in [4.69, 9.17) is 16.3 Å². The van der Waals surface area contributed by atoms with Gasteiger partial charge in [-0.3, -0.25) is 0 Å². The molecule has 1 unspecified atom stereocenters. The molecule has 0 aromatic heterocycles. The molecule has 0 amide bonds. The van der Waals surface area contributed by atoms with Gasteiger partial charge in [0.05, 0.1) is 12.6 Å². The Morgan fingerprint density at radius 2 is 2.21 bits per heavy atom. The van der Waals surface area contributed by atoms with Gasteiger partial charge in [0.1, 0.15) is 5.76 Å². The highest BCUT2D eigenvalue weighted by molar-refractivity contribution is 6.31. The minimum Gasteiger partial charge on any atom is -0.497 e. The van der Waals surface area contributed by atoms with E-state index in [-0.39, 0.29) is 6.04 Å². The molecule has 1 atom stereocenters. The van der Waals surface area contributed by atoms with Crippen LogP contribution in [0.4, 0.5) is 0 Å². The average Bonchev–Trinajstić information content (AvgIpc) is 2.46. The molecule has 2 rings (SSSR count). The third-order valence-electron chi connectivity index (χ3n) is 3.33. The van der Waals surface area contributed by atoms with Gasteiger partial charge < -0.3 is 10.1 Å². The fourth-order valence-electron chi connectivity index (χ4n) is 2.30. The molecule has 0 aliphatic carbocycles. The Labute approximate surface area is 120 Å². The summed E-state index contributed by atoms with van der Waals surface area (Å²) in [5, 5.41) is 4.40. The van der Waals surface area contributed by atoms with Crippen LogP contribution in [0.25, 0.3) is 0 Å². The van der Waals surface area contributed by atoms with Crippen molar-refractivity contribution in [3.63, 3.8) is 0 Å². The fourth-order valence-corrected chi connectivity index (χ4v) is 2.51. The molecule has 0 fully saturated rings. The summed E-state index contributed by atoms with van der Waals surface area (Å²) in [5.41, 5.74) is 1.17. The molecule has 1 N–H and O–H groups in total. The Morgan fingerprint density at radius 1 is 1.37 bits per heavy atom. The Hall–Kier alpha value is -0.990. The zero-order valence-electron chi connectivity index (χ0n) is 11.5. The molecule has 1 heterocycles. The summed E-state index contributed by atoms with van der Waals surface area (Å²) in [6, 6.07) is 8.28. The standard InChI is InChI=1S/C16H22ClNO/c1-2-10-18-15(16-9-5-6-11-19-16)12-13-7-3-4-8-14(13)17/h3-4,7-9,15,18H,2,5-6,10-12H2,1H3. The first-order valence-corrected chi connectivity index (χ1v) is 7.48. The molecular formula is C16H22ClNO. The lowest BCUT2D eigenvalue weighted by molar-refractivity contribution is 0.167. The van der Waals surface area contributed by atoms with Crippen molar-refractivity contribution in [2.75, 3.05) is 13.2 Å². The Balaban J connectivity index is 2.09. The quantitative estimate of drug-likeness (QED) is 0.851. The summed E-state index contributed by atoms with van der Waals surface area (Å²) in [6.07, 6.45) is 6.45. The zero-order chi connectivity index (χ0) is 13.5. The summed E-state index contributed by atoms with van der Waals surface area (Å²) in [6.45, 7) is 4.00. The Morgan fingerprint density at radius 3 is 2.89 bits per heavy atom. The van der Waals surface area contributed by atoms with E-state index in [0.29, 0.717) is 0 Å². The van der Waals surface area contributed by atoms with E-state index >= 15 is 0 Å². The predicted molar refractivity (Wildman–Crippen MR) is 80.5 cm³/mol. The SMILES string of the molecule is CCCNC(Cc1ccccc1Cl)C1=CCCCO1. The lowest BCUT2D eigenvalue weighted by Gasteiger charge is -2.25. The molecule has 0 radical (unpaired) electrons. The maximum absolute atomic E-state index is 6.25. The molecule has 1 aliphatic heterocycles. The van der Waals surface area contributed by atoms with Crippen molar-refractivity contribution in [3.8, 4) is 0 Å². The molecule has 1 aromatic rings. The minimum absolute atomic E-state index is 0.236. The van der Waals surface area contributed by atoms with Crippen LogP contribution in [0.3, 0.4) is 0 Å². The monoisotopic (exact) mass is 279 g/mol. The molecule has 0 bridgehead atoms. The van der Waals surface area contributed by atoms with Crippen molar-refractivity contribution in [2.24, 2.45) is 0 Å². The van der Waals surface area contributed by atoms with Crippen LogP contribution in [0.1, 0.15) is 31.7 Å². The van der Waals surface area contributed by atoms with Crippen molar-refractivity contribution in [2.45, 2.75) is 38.6 Å². The molecule has 104 valence electrons. The van der Waals surface area contributed by atoms with E-state index in [0.717, 1.165) is 49.6 Å².